The van der Waals surface area contributed by atoms with Gasteiger partial charge in [0.2, 0.25) is 0 Å². The van der Waals surface area contributed by atoms with Crippen molar-refractivity contribution < 1.29 is 15.0 Å². The Hall–Kier alpha value is -1.55. The van der Waals surface area contributed by atoms with Crippen LogP contribution < -0.4 is 5.32 Å². The number of phenolic OH excluding ortho intramolecular Hbond substituents is 1. The van der Waals surface area contributed by atoms with Crippen molar-refractivity contribution in [2.75, 3.05) is 6.61 Å². The van der Waals surface area contributed by atoms with Crippen molar-refractivity contribution in [2.24, 2.45) is 5.92 Å². The monoisotopic (exact) mass is 291 g/mol. The number of amides is 1. The number of benzene rings is 1. The van der Waals surface area contributed by atoms with Crippen LogP contribution in [0.2, 0.25) is 0 Å². The molecule has 0 spiro atoms. The molecular formula is C17H25NO3. The number of carbonyl (C=O) groups is 1. The molecule has 21 heavy (non-hydrogen) atoms. The Bertz CT molecular complexity index is 461. The van der Waals surface area contributed by atoms with Gasteiger partial charge in [0.25, 0.3) is 5.91 Å². The van der Waals surface area contributed by atoms with Crippen molar-refractivity contribution in [1.29, 1.82) is 0 Å². The molecule has 0 saturated heterocycles. The van der Waals surface area contributed by atoms with Gasteiger partial charge in [-0.05, 0) is 55.9 Å². The van der Waals surface area contributed by atoms with Crippen LogP contribution in [0.5, 0.6) is 5.75 Å². The molecule has 0 aromatic heterocycles. The van der Waals surface area contributed by atoms with E-state index in [1.807, 2.05) is 6.92 Å². The number of aryl methyl sites for hydroxylation is 1. The molecule has 1 aromatic rings. The second-order valence-electron chi connectivity index (χ2n) is 6.05. The van der Waals surface area contributed by atoms with Crippen LogP contribution in [-0.2, 0) is 0 Å². The smallest absolute Gasteiger partial charge is 0.251 e. The normalized spacial score (nSPS) is 17.4. The van der Waals surface area contributed by atoms with Gasteiger partial charge in [-0.25, -0.2) is 0 Å². The molecule has 4 heteroatoms. The number of nitrogens with one attached hydrogen (secondary N) is 1. The molecule has 1 aromatic carbocycles. The van der Waals surface area contributed by atoms with Gasteiger partial charge in [-0.15, -0.1) is 0 Å². The van der Waals surface area contributed by atoms with Gasteiger partial charge in [-0.3, -0.25) is 4.79 Å². The summed E-state index contributed by atoms with van der Waals surface area (Å²) in [4.78, 5) is 12.4. The van der Waals surface area contributed by atoms with Crippen LogP contribution in [0.1, 0.15) is 54.4 Å². The number of aliphatic hydroxyl groups is 1. The molecule has 0 heterocycles. The molecule has 1 aliphatic carbocycles. The Kier molecular flexibility index (Phi) is 5.62. The molecule has 1 atom stereocenters. The summed E-state index contributed by atoms with van der Waals surface area (Å²) in [5.41, 5.74) is 1.34. The number of hydrogen-bond acceptors (Lipinski definition) is 3. The van der Waals surface area contributed by atoms with Gasteiger partial charge < -0.3 is 15.5 Å². The first-order valence-electron chi connectivity index (χ1n) is 7.82. The fraction of sp³-hybridized carbons (Fsp3) is 0.588. The minimum atomic E-state index is -0.168. The Balaban J connectivity index is 2.06. The minimum Gasteiger partial charge on any atom is -0.508 e. The molecule has 1 amide bonds. The highest BCUT2D eigenvalue weighted by atomic mass is 16.3. The van der Waals surface area contributed by atoms with Gasteiger partial charge in [0.1, 0.15) is 5.75 Å². The second-order valence-corrected chi connectivity index (χ2v) is 6.05. The van der Waals surface area contributed by atoms with Crippen molar-refractivity contribution in [3.63, 3.8) is 0 Å². The van der Waals surface area contributed by atoms with Crippen LogP contribution in [0.4, 0.5) is 0 Å². The molecule has 4 nitrogen and oxygen atoms in total. The van der Waals surface area contributed by atoms with E-state index >= 15 is 0 Å². The third kappa shape index (κ3) is 4.46. The molecule has 0 radical (unpaired) electrons. The van der Waals surface area contributed by atoms with E-state index in [0.29, 0.717) is 17.9 Å². The Morgan fingerprint density at radius 1 is 1.29 bits per heavy atom. The number of rotatable bonds is 5. The summed E-state index contributed by atoms with van der Waals surface area (Å²) in [6.07, 6.45) is 6.49. The van der Waals surface area contributed by atoms with E-state index in [1.165, 1.54) is 25.3 Å². The van der Waals surface area contributed by atoms with Gasteiger partial charge in [0.15, 0.2) is 0 Å². The topological polar surface area (TPSA) is 69.6 Å². The van der Waals surface area contributed by atoms with E-state index in [0.717, 1.165) is 18.4 Å². The van der Waals surface area contributed by atoms with Gasteiger partial charge >= 0.3 is 0 Å². The van der Waals surface area contributed by atoms with Crippen molar-refractivity contribution in [2.45, 2.75) is 51.5 Å². The lowest BCUT2D eigenvalue weighted by Crippen LogP contribution is -2.41. The molecule has 2 rings (SSSR count). The highest BCUT2D eigenvalue weighted by Crippen LogP contribution is 2.28. The van der Waals surface area contributed by atoms with E-state index in [9.17, 15) is 15.0 Å². The van der Waals surface area contributed by atoms with E-state index in [4.69, 9.17) is 0 Å². The van der Waals surface area contributed by atoms with Crippen LogP contribution in [0, 0.1) is 12.8 Å². The standard InChI is InChI=1S/C17H25NO3/c1-12-9-14(11-15(20)10-12)17(21)18-16(7-8-19)13-5-3-2-4-6-13/h9-11,13,16,19-20H,2-8H2,1H3,(H,18,21). The molecule has 1 saturated carbocycles. The van der Waals surface area contributed by atoms with Gasteiger partial charge in [0.05, 0.1) is 0 Å². The van der Waals surface area contributed by atoms with E-state index in [2.05, 4.69) is 5.32 Å². The molecule has 1 fully saturated rings. The third-order valence-corrected chi connectivity index (χ3v) is 4.30. The Morgan fingerprint density at radius 3 is 2.62 bits per heavy atom. The molecule has 3 N–H and O–H groups in total. The number of carbonyl (C=O) groups excluding carboxylic acids is 1. The number of hydrogen-bond donors (Lipinski definition) is 3. The van der Waals surface area contributed by atoms with Crippen molar-refractivity contribution in [3.8, 4) is 5.75 Å². The van der Waals surface area contributed by atoms with E-state index in [-0.39, 0.29) is 24.3 Å². The first kappa shape index (κ1) is 15.8. The average molecular weight is 291 g/mol. The molecule has 1 aliphatic rings. The zero-order chi connectivity index (χ0) is 15.2. The van der Waals surface area contributed by atoms with Gasteiger partial charge in [-0.1, -0.05) is 19.3 Å². The van der Waals surface area contributed by atoms with Crippen molar-refractivity contribution >= 4 is 5.91 Å². The maximum atomic E-state index is 12.4. The lowest BCUT2D eigenvalue weighted by atomic mass is 9.82. The molecule has 1 unspecified atom stereocenters. The summed E-state index contributed by atoms with van der Waals surface area (Å²) in [7, 11) is 0. The zero-order valence-electron chi connectivity index (χ0n) is 12.6. The molecule has 0 bridgehead atoms. The minimum absolute atomic E-state index is 0.0189. The Morgan fingerprint density at radius 2 is 2.00 bits per heavy atom. The first-order valence-corrected chi connectivity index (χ1v) is 7.82. The average Bonchev–Trinajstić information content (AvgIpc) is 2.46. The second kappa shape index (κ2) is 7.46. The van der Waals surface area contributed by atoms with Crippen LogP contribution in [0.3, 0.4) is 0 Å². The quantitative estimate of drug-likeness (QED) is 0.781. The zero-order valence-corrected chi connectivity index (χ0v) is 12.6. The summed E-state index contributed by atoms with van der Waals surface area (Å²) in [6.45, 7) is 1.93. The highest BCUT2D eigenvalue weighted by Gasteiger charge is 2.25. The van der Waals surface area contributed by atoms with Gasteiger partial charge in [0, 0.05) is 18.2 Å². The maximum Gasteiger partial charge on any atom is 0.251 e. The lowest BCUT2D eigenvalue weighted by molar-refractivity contribution is 0.0899. The third-order valence-electron chi connectivity index (χ3n) is 4.30. The lowest BCUT2D eigenvalue weighted by Gasteiger charge is -2.30. The molecule has 116 valence electrons. The van der Waals surface area contributed by atoms with Crippen molar-refractivity contribution in [3.05, 3.63) is 29.3 Å². The summed E-state index contributed by atoms with van der Waals surface area (Å²) in [6, 6.07) is 4.90. The van der Waals surface area contributed by atoms with Crippen LogP contribution >= 0.6 is 0 Å². The summed E-state index contributed by atoms with van der Waals surface area (Å²) in [5.74, 6) is 0.391. The predicted molar refractivity (Wildman–Crippen MR) is 82.4 cm³/mol. The molecule has 0 aliphatic heterocycles. The van der Waals surface area contributed by atoms with E-state index < -0.39 is 0 Å². The van der Waals surface area contributed by atoms with Crippen molar-refractivity contribution in [1.82, 2.24) is 5.32 Å². The predicted octanol–water partition coefficient (Wildman–Crippen LogP) is 2.76. The SMILES string of the molecule is Cc1cc(O)cc(C(=O)NC(CCO)C2CCCCC2)c1. The Labute approximate surface area is 126 Å². The van der Waals surface area contributed by atoms with E-state index in [1.54, 1.807) is 12.1 Å². The van der Waals surface area contributed by atoms with Gasteiger partial charge in [-0.2, -0.15) is 0 Å². The maximum absolute atomic E-state index is 12.4. The molecular weight excluding hydrogens is 266 g/mol. The summed E-state index contributed by atoms with van der Waals surface area (Å²) >= 11 is 0. The van der Waals surface area contributed by atoms with Crippen LogP contribution in [0.25, 0.3) is 0 Å². The fourth-order valence-corrected chi connectivity index (χ4v) is 3.25. The fourth-order valence-electron chi connectivity index (χ4n) is 3.25. The number of aromatic hydroxyl groups is 1. The number of phenols is 1. The van der Waals surface area contributed by atoms with Crippen LogP contribution in [-0.4, -0.2) is 28.8 Å². The van der Waals surface area contributed by atoms with Crippen LogP contribution in [0.15, 0.2) is 18.2 Å². The highest BCUT2D eigenvalue weighted by molar-refractivity contribution is 5.95. The summed E-state index contributed by atoms with van der Waals surface area (Å²) in [5, 5.41) is 21.9. The largest absolute Gasteiger partial charge is 0.508 e. The summed E-state index contributed by atoms with van der Waals surface area (Å²) < 4.78 is 0. The first-order chi connectivity index (χ1) is 10.1. The number of aliphatic hydroxyl groups excluding tert-OH is 1.